The molecule has 0 rings (SSSR count). The lowest BCUT2D eigenvalue weighted by Gasteiger charge is -2.12. The lowest BCUT2D eigenvalue weighted by molar-refractivity contribution is 0.471. The summed E-state index contributed by atoms with van der Waals surface area (Å²) in [5.74, 6) is 1.81. The topological polar surface area (TPSA) is 0 Å². The molecule has 1 radical (unpaired) electrons. The standard InChI is InChI=1S/C14H29/c1-5-13(4)11-9-8-10-12-14(6-2)7-3/h12-14H,5-11H2,1-4H3. The molecule has 0 spiro atoms. The predicted molar refractivity (Wildman–Crippen MR) is 66.3 cm³/mol. The summed E-state index contributed by atoms with van der Waals surface area (Å²) in [6.07, 6.45) is 12.1. The van der Waals surface area contributed by atoms with E-state index in [-0.39, 0.29) is 0 Å². The molecule has 1 unspecified atom stereocenters. The molecule has 0 fully saturated rings. The van der Waals surface area contributed by atoms with Crippen molar-refractivity contribution < 1.29 is 0 Å². The highest BCUT2D eigenvalue weighted by Crippen LogP contribution is 2.17. The van der Waals surface area contributed by atoms with E-state index in [4.69, 9.17) is 0 Å². The molecule has 0 heteroatoms. The maximum atomic E-state index is 2.54. The molecule has 85 valence electrons. The van der Waals surface area contributed by atoms with Crippen molar-refractivity contribution >= 4 is 0 Å². The van der Waals surface area contributed by atoms with E-state index in [2.05, 4.69) is 34.1 Å². The van der Waals surface area contributed by atoms with Gasteiger partial charge in [-0.3, -0.25) is 0 Å². The van der Waals surface area contributed by atoms with Crippen LogP contribution in [0.15, 0.2) is 0 Å². The van der Waals surface area contributed by atoms with Gasteiger partial charge in [-0.2, -0.15) is 0 Å². The Labute approximate surface area is 91.5 Å². The summed E-state index contributed by atoms with van der Waals surface area (Å²) in [6, 6.07) is 0. The second-order valence-corrected chi connectivity index (χ2v) is 4.61. The summed E-state index contributed by atoms with van der Waals surface area (Å²) in [6.45, 7) is 9.25. The molecule has 0 aliphatic rings. The van der Waals surface area contributed by atoms with Gasteiger partial charge in [0.15, 0.2) is 0 Å². The van der Waals surface area contributed by atoms with E-state index in [0.29, 0.717) is 0 Å². The molecule has 0 N–H and O–H groups in total. The van der Waals surface area contributed by atoms with E-state index in [1.165, 1.54) is 44.9 Å². The average Bonchev–Trinajstić information content (AvgIpc) is 2.23. The van der Waals surface area contributed by atoms with Crippen LogP contribution >= 0.6 is 0 Å². The molecule has 0 aromatic rings. The van der Waals surface area contributed by atoms with Crippen LogP contribution in [0.3, 0.4) is 0 Å². The Morgan fingerprint density at radius 2 is 1.57 bits per heavy atom. The molecular weight excluding hydrogens is 168 g/mol. The monoisotopic (exact) mass is 197 g/mol. The summed E-state index contributed by atoms with van der Waals surface area (Å²) in [5, 5.41) is 0. The van der Waals surface area contributed by atoms with Crippen molar-refractivity contribution in [2.45, 2.75) is 72.6 Å². The van der Waals surface area contributed by atoms with Gasteiger partial charge in [-0.05, 0) is 24.7 Å². The van der Waals surface area contributed by atoms with Gasteiger partial charge < -0.3 is 0 Å². The second kappa shape index (κ2) is 9.55. The third-order valence-electron chi connectivity index (χ3n) is 3.40. The third kappa shape index (κ3) is 7.41. The van der Waals surface area contributed by atoms with Crippen LogP contribution in [-0.4, -0.2) is 0 Å². The molecule has 0 heterocycles. The van der Waals surface area contributed by atoms with Crippen molar-refractivity contribution in [3.63, 3.8) is 0 Å². The molecular formula is C14H29. The molecule has 0 aromatic carbocycles. The van der Waals surface area contributed by atoms with Crippen LogP contribution in [0.1, 0.15) is 72.6 Å². The van der Waals surface area contributed by atoms with Gasteiger partial charge in [0.1, 0.15) is 0 Å². The molecule has 0 aliphatic heterocycles. The first-order chi connectivity index (χ1) is 6.74. The van der Waals surface area contributed by atoms with Gasteiger partial charge in [-0.1, -0.05) is 66.2 Å². The first-order valence-electron chi connectivity index (χ1n) is 6.57. The summed E-state index contributed by atoms with van der Waals surface area (Å²) in [5.41, 5.74) is 0. The van der Waals surface area contributed by atoms with Crippen LogP contribution < -0.4 is 0 Å². The van der Waals surface area contributed by atoms with Gasteiger partial charge in [0.25, 0.3) is 0 Å². The van der Waals surface area contributed by atoms with Crippen LogP contribution in [0.25, 0.3) is 0 Å². The Hall–Kier alpha value is 0. The van der Waals surface area contributed by atoms with Crippen LogP contribution in [0.4, 0.5) is 0 Å². The lowest BCUT2D eigenvalue weighted by atomic mass is 9.94. The fraction of sp³-hybridized carbons (Fsp3) is 0.929. The van der Waals surface area contributed by atoms with Crippen molar-refractivity contribution in [1.82, 2.24) is 0 Å². The van der Waals surface area contributed by atoms with E-state index in [1.54, 1.807) is 0 Å². The van der Waals surface area contributed by atoms with E-state index in [0.717, 1.165) is 11.8 Å². The van der Waals surface area contributed by atoms with Crippen molar-refractivity contribution in [3.05, 3.63) is 6.42 Å². The van der Waals surface area contributed by atoms with Crippen molar-refractivity contribution in [2.24, 2.45) is 11.8 Å². The summed E-state index contributed by atoms with van der Waals surface area (Å²) < 4.78 is 0. The van der Waals surface area contributed by atoms with Gasteiger partial charge in [0.2, 0.25) is 0 Å². The van der Waals surface area contributed by atoms with E-state index in [9.17, 15) is 0 Å². The number of rotatable bonds is 9. The van der Waals surface area contributed by atoms with Crippen molar-refractivity contribution in [3.8, 4) is 0 Å². The first kappa shape index (κ1) is 14.0. The van der Waals surface area contributed by atoms with Crippen LogP contribution in [0, 0.1) is 18.3 Å². The van der Waals surface area contributed by atoms with E-state index < -0.39 is 0 Å². The quantitative estimate of drug-likeness (QED) is 0.444. The van der Waals surface area contributed by atoms with Crippen LogP contribution in [0.5, 0.6) is 0 Å². The SMILES string of the molecule is CCC(C)CCCC[CH]C(CC)CC. The maximum absolute atomic E-state index is 2.54. The molecule has 14 heavy (non-hydrogen) atoms. The third-order valence-corrected chi connectivity index (χ3v) is 3.40. The highest BCUT2D eigenvalue weighted by Gasteiger charge is 2.03. The zero-order valence-electron chi connectivity index (χ0n) is 10.7. The van der Waals surface area contributed by atoms with Gasteiger partial charge in [0.05, 0.1) is 0 Å². The Morgan fingerprint density at radius 1 is 0.929 bits per heavy atom. The predicted octanol–water partition coefficient (Wildman–Crippen LogP) is 5.23. The zero-order chi connectivity index (χ0) is 10.8. The van der Waals surface area contributed by atoms with Crippen LogP contribution in [0.2, 0.25) is 0 Å². The normalized spacial score (nSPS) is 13.5. The van der Waals surface area contributed by atoms with E-state index in [1.807, 2.05) is 0 Å². The molecule has 0 saturated carbocycles. The van der Waals surface area contributed by atoms with Crippen LogP contribution in [-0.2, 0) is 0 Å². The molecule has 0 saturated heterocycles. The van der Waals surface area contributed by atoms with Gasteiger partial charge in [-0.25, -0.2) is 0 Å². The number of hydrogen-bond donors (Lipinski definition) is 0. The molecule has 0 bridgehead atoms. The zero-order valence-corrected chi connectivity index (χ0v) is 10.7. The lowest BCUT2D eigenvalue weighted by Crippen LogP contribution is -1.98. The average molecular weight is 197 g/mol. The molecule has 0 aliphatic carbocycles. The highest BCUT2D eigenvalue weighted by atomic mass is 14.1. The van der Waals surface area contributed by atoms with Gasteiger partial charge >= 0.3 is 0 Å². The molecule has 0 nitrogen and oxygen atoms in total. The summed E-state index contributed by atoms with van der Waals surface area (Å²) in [7, 11) is 0. The van der Waals surface area contributed by atoms with Gasteiger partial charge in [-0.15, -0.1) is 0 Å². The fourth-order valence-electron chi connectivity index (χ4n) is 1.82. The minimum atomic E-state index is 0.874. The Kier molecular flexibility index (Phi) is 9.55. The molecule has 1 atom stereocenters. The Bertz CT molecular complexity index is 103. The highest BCUT2D eigenvalue weighted by molar-refractivity contribution is 4.73. The summed E-state index contributed by atoms with van der Waals surface area (Å²) >= 11 is 0. The second-order valence-electron chi connectivity index (χ2n) is 4.61. The fourth-order valence-corrected chi connectivity index (χ4v) is 1.82. The van der Waals surface area contributed by atoms with Crippen molar-refractivity contribution in [1.29, 1.82) is 0 Å². The largest absolute Gasteiger partial charge is 0.0651 e. The minimum absolute atomic E-state index is 0.874. The molecule has 0 amide bonds. The molecule has 0 aromatic heterocycles. The summed E-state index contributed by atoms with van der Waals surface area (Å²) in [4.78, 5) is 0. The first-order valence-corrected chi connectivity index (χ1v) is 6.57. The minimum Gasteiger partial charge on any atom is -0.0651 e. The van der Waals surface area contributed by atoms with Gasteiger partial charge in [0, 0.05) is 0 Å². The van der Waals surface area contributed by atoms with E-state index >= 15 is 0 Å². The maximum Gasteiger partial charge on any atom is -0.0355 e. The number of unbranched alkanes of at least 4 members (excludes halogenated alkanes) is 2. The van der Waals surface area contributed by atoms with Crippen molar-refractivity contribution in [2.75, 3.05) is 0 Å². The Balaban J connectivity index is 3.20. The smallest absolute Gasteiger partial charge is 0.0355 e. The Morgan fingerprint density at radius 3 is 2.07 bits per heavy atom. The number of hydrogen-bond acceptors (Lipinski definition) is 0.